The van der Waals surface area contributed by atoms with E-state index in [-0.39, 0.29) is 22.4 Å². The van der Waals surface area contributed by atoms with Gasteiger partial charge in [0.2, 0.25) is 5.43 Å². The van der Waals surface area contributed by atoms with Gasteiger partial charge in [-0.05, 0) is 49.2 Å². The Kier molecular flexibility index (Phi) is 6.93. The summed E-state index contributed by atoms with van der Waals surface area (Å²) in [5, 5.41) is 12.9. The number of nitrogens with one attached hydrogen (secondary N) is 1. The standard InChI is InChI=1S/C27H26F3N3O2/c1-6-33-15-21(23(34)19-11-10-16(2)12-22(19)33)25(35)32-24(26(3,4)5)20(14-31)17-8-7-9-18(13-17)27(28,29)30/h7-13,15H,6H2,1-5H3,(H,32,35)/b24-20-. The van der Waals surface area contributed by atoms with Crippen LogP contribution >= 0.6 is 0 Å². The Morgan fingerprint density at radius 2 is 1.80 bits per heavy atom. The maximum Gasteiger partial charge on any atom is 0.416 e. The van der Waals surface area contributed by atoms with E-state index in [1.807, 2.05) is 26.0 Å². The Labute approximate surface area is 201 Å². The number of rotatable bonds is 4. The number of carbonyl (C=O) groups excluding carboxylic acids is 1. The smallest absolute Gasteiger partial charge is 0.347 e. The van der Waals surface area contributed by atoms with Crippen LogP contribution in [0.3, 0.4) is 0 Å². The molecule has 8 heteroatoms. The molecular formula is C27H26F3N3O2. The van der Waals surface area contributed by atoms with Crippen molar-refractivity contribution < 1.29 is 18.0 Å². The number of amides is 1. The van der Waals surface area contributed by atoms with Gasteiger partial charge in [0.1, 0.15) is 11.6 Å². The number of hydrogen-bond donors (Lipinski definition) is 1. The zero-order valence-electron chi connectivity index (χ0n) is 20.2. The lowest BCUT2D eigenvalue weighted by Gasteiger charge is -2.26. The molecule has 0 saturated heterocycles. The average Bonchev–Trinajstić information content (AvgIpc) is 2.78. The first-order chi connectivity index (χ1) is 16.3. The molecule has 1 amide bonds. The Hall–Kier alpha value is -3.86. The Morgan fingerprint density at radius 1 is 1.11 bits per heavy atom. The third kappa shape index (κ3) is 5.29. The van der Waals surface area contributed by atoms with E-state index < -0.39 is 28.5 Å². The van der Waals surface area contributed by atoms with Gasteiger partial charge in [0.05, 0.1) is 16.7 Å². The average molecular weight is 482 g/mol. The van der Waals surface area contributed by atoms with E-state index in [1.54, 1.807) is 37.5 Å². The van der Waals surface area contributed by atoms with Gasteiger partial charge < -0.3 is 9.88 Å². The number of nitriles is 1. The van der Waals surface area contributed by atoms with Crippen LogP contribution in [0.5, 0.6) is 0 Å². The highest BCUT2D eigenvalue weighted by Gasteiger charge is 2.32. The van der Waals surface area contributed by atoms with Crippen molar-refractivity contribution in [2.75, 3.05) is 0 Å². The second-order valence-electron chi connectivity index (χ2n) is 9.32. The molecule has 0 fully saturated rings. The van der Waals surface area contributed by atoms with E-state index in [4.69, 9.17) is 0 Å². The summed E-state index contributed by atoms with van der Waals surface area (Å²) in [4.78, 5) is 26.5. The predicted molar refractivity (Wildman–Crippen MR) is 130 cm³/mol. The molecule has 2 aromatic carbocycles. The molecule has 0 spiro atoms. The molecular weight excluding hydrogens is 455 g/mol. The number of hydrogen-bond acceptors (Lipinski definition) is 3. The highest BCUT2D eigenvalue weighted by molar-refractivity contribution is 5.99. The Bertz CT molecular complexity index is 1440. The van der Waals surface area contributed by atoms with E-state index in [1.165, 1.54) is 18.3 Å². The summed E-state index contributed by atoms with van der Waals surface area (Å²) in [5.74, 6) is -0.732. The number of fused-ring (bicyclic) bond motifs is 1. The Balaban J connectivity index is 2.18. The zero-order valence-corrected chi connectivity index (χ0v) is 20.2. The first kappa shape index (κ1) is 25.8. The third-order valence-electron chi connectivity index (χ3n) is 5.65. The third-order valence-corrected chi connectivity index (χ3v) is 5.65. The van der Waals surface area contributed by atoms with Gasteiger partial charge in [-0.2, -0.15) is 18.4 Å². The lowest BCUT2D eigenvalue weighted by molar-refractivity contribution is -0.137. The quantitative estimate of drug-likeness (QED) is 0.461. The van der Waals surface area contributed by atoms with Crippen molar-refractivity contribution in [3.05, 3.63) is 86.8 Å². The SMILES string of the molecule is CCn1cc(C(=O)N/C(=C(/C#N)c2cccc(C(F)(F)F)c2)C(C)(C)C)c(=O)c2ccc(C)cc21. The molecule has 0 radical (unpaired) electrons. The number of allylic oxidation sites excluding steroid dienone is 2. The molecule has 0 bridgehead atoms. The monoisotopic (exact) mass is 481 g/mol. The number of alkyl halides is 3. The van der Waals surface area contributed by atoms with Crippen LogP contribution in [0.4, 0.5) is 13.2 Å². The van der Waals surface area contributed by atoms with Crippen LogP contribution in [0.2, 0.25) is 0 Å². The van der Waals surface area contributed by atoms with Crippen molar-refractivity contribution in [3.8, 4) is 6.07 Å². The molecule has 0 unspecified atom stereocenters. The number of carbonyl (C=O) groups is 1. The lowest BCUT2D eigenvalue weighted by atomic mass is 9.86. The second-order valence-corrected chi connectivity index (χ2v) is 9.32. The van der Waals surface area contributed by atoms with E-state index in [9.17, 15) is 28.0 Å². The summed E-state index contributed by atoms with van der Waals surface area (Å²) in [5.41, 5.74) is -0.617. The minimum Gasteiger partial charge on any atom is -0.347 e. The number of benzene rings is 2. The maximum absolute atomic E-state index is 13.3. The van der Waals surface area contributed by atoms with Crippen LogP contribution in [0.25, 0.3) is 16.5 Å². The minimum absolute atomic E-state index is 0.0208. The molecule has 0 aliphatic carbocycles. The molecule has 0 aliphatic heterocycles. The van der Waals surface area contributed by atoms with Gasteiger partial charge in [0.25, 0.3) is 5.91 Å². The van der Waals surface area contributed by atoms with Crippen LogP contribution in [-0.2, 0) is 12.7 Å². The fourth-order valence-electron chi connectivity index (χ4n) is 3.85. The summed E-state index contributed by atoms with van der Waals surface area (Å²) in [7, 11) is 0. The summed E-state index contributed by atoms with van der Waals surface area (Å²) in [6.45, 7) is 9.47. The van der Waals surface area contributed by atoms with E-state index in [0.717, 1.165) is 17.7 Å². The van der Waals surface area contributed by atoms with Gasteiger partial charge in [-0.25, -0.2) is 0 Å². The number of aryl methyl sites for hydroxylation is 2. The Morgan fingerprint density at radius 3 is 2.37 bits per heavy atom. The molecule has 1 N–H and O–H groups in total. The van der Waals surface area contributed by atoms with Crippen LogP contribution in [-0.4, -0.2) is 10.5 Å². The number of aromatic nitrogens is 1. The zero-order chi connectivity index (χ0) is 26.1. The molecule has 182 valence electrons. The number of nitrogens with zero attached hydrogens (tertiary/aromatic N) is 2. The van der Waals surface area contributed by atoms with Crippen LogP contribution in [0, 0.1) is 23.7 Å². The van der Waals surface area contributed by atoms with E-state index in [0.29, 0.717) is 17.4 Å². The first-order valence-corrected chi connectivity index (χ1v) is 11.1. The molecule has 1 heterocycles. The van der Waals surface area contributed by atoms with Crippen LogP contribution in [0.15, 0.2) is 59.2 Å². The highest BCUT2D eigenvalue weighted by Crippen LogP contribution is 2.34. The molecule has 5 nitrogen and oxygen atoms in total. The molecule has 3 aromatic rings. The van der Waals surface area contributed by atoms with E-state index in [2.05, 4.69) is 5.32 Å². The summed E-state index contributed by atoms with van der Waals surface area (Å²) < 4.78 is 41.6. The molecule has 1 aromatic heterocycles. The van der Waals surface area contributed by atoms with Crippen molar-refractivity contribution in [2.45, 2.75) is 47.3 Å². The van der Waals surface area contributed by atoms with Gasteiger partial charge >= 0.3 is 6.18 Å². The van der Waals surface area contributed by atoms with E-state index >= 15 is 0 Å². The molecule has 0 aliphatic rings. The van der Waals surface area contributed by atoms with Crippen molar-refractivity contribution in [1.82, 2.24) is 9.88 Å². The number of pyridine rings is 1. The van der Waals surface area contributed by atoms with Gasteiger partial charge in [-0.1, -0.05) is 39.0 Å². The lowest BCUT2D eigenvalue weighted by Crippen LogP contribution is -2.34. The molecule has 35 heavy (non-hydrogen) atoms. The summed E-state index contributed by atoms with van der Waals surface area (Å²) in [6, 6.07) is 11.6. The van der Waals surface area contributed by atoms with Gasteiger partial charge in [-0.15, -0.1) is 0 Å². The second kappa shape index (κ2) is 9.41. The van der Waals surface area contributed by atoms with Crippen molar-refractivity contribution >= 4 is 22.4 Å². The fourth-order valence-corrected chi connectivity index (χ4v) is 3.85. The molecule has 3 rings (SSSR count). The predicted octanol–water partition coefficient (Wildman–Crippen LogP) is 6.06. The van der Waals surface area contributed by atoms with Gasteiger partial charge in [-0.3, -0.25) is 9.59 Å². The van der Waals surface area contributed by atoms with Gasteiger partial charge in [0, 0.05) is 29.2 Å². The van der Waals surface area contributed by atoms with Crippen LogP contribution < -0.4 is 10.7 Å². The molecule has 0 atom stereocenters. The normalized spacial score (nSPS) is 12.8. The largest absolute Gasteiger partial charge is 0.416 e. The highest BCUT2D eigenvalue weighted by atomic mass is 19.4. The van der Waals surface area contributed by atoms with Crippen LogP contribution in [0.1, 0.15) is 54.7 Å². The fraction of sp³-hybridized carbons (Fsp3) is 0.296. The topological polar surface area (TPSA) is 74.9 Å². The first-order valence-electron chi connectivity index (χ1n) is 11.1. The summed E-state index contributed by atoms with van der Waals surface area (Å²) >= 11 is 0. The van der Waals surface area contributed by atoms with Crippen molar-refractivity contribution in [3.63, 3.8) is 0 Å². The maximum atomic E-state index is 13.3. The van der Waals surface area contributed by atoms with Crippen molar-refractivity contribution in [1.29, 1.82) is 5.26 Å². The van der Waals surface area contributed by atoms with Crippen molar-refractivity contribution in [2.24, 2.45) is 5.41 Å². The summed E-state index contributed by atoms with van der Waals surface area (Å²) in [6.07, 6.45) is -3.12. The minimum atomic E-state index is -4.59. The van der Waals surface area contributed by atoms with Gasteiger partial charge in [0.15, 0.2) is 0 Å². The number of halogens is 3. The molecule has 0 saturated carbocycles.